The number of hydrogen-bond donors (Lipinski definition) is 0. The number of ether oxygens (including phenoxy) is 1. The Bertz CT molecular complexity index is 567. The highest BCUT2D eigenvalue weighted by atomic mass is 16.6. The highest BCUT2D eigenvalue weighted by molar-refractivity contribution is 5.88. The first-order valence-corrected chi connectivity index (χ1v) is 7.59. The minimum atomic E-state index is -0.371. The third kappa shape index (κ3) is 2.75. The number of piperidine rings is 1. The van der Waals surface area contributed by atoms with E-state index in [2.05, 4.69) is 9.97 Å². The van der Waals surface area contributed by atoms with Gasteiger partial charge in [0.2, 0.25) is 5.91 Å². The second-order valence-corrected chi connectivity index (χ2v) is 5.88. The first kappa shape index (κ1) is 14.7. The number of cyclic esters (lactones) is 1. The molecule has 1 unspecified atom stereocenters. The summed E-state index contributed by atoms with van der Waals surface area (Å²) in [4.78, 5) is 35.2. The average Bonchev–Trinajstić information content (AvgIpc) is 2.86. The van der Waals surface area contributed by atoms with Crippen molar-refractivity contribution >= 4 is 17.8 Å². The van der Waals surface area contributed by atoms with Gasteiger partial charge < -0.3 is 9.64 Å². The number of carbonyl (C=O) groups excluding carboxylic acids is 2. The molecule has 0 saturated carbocycles. The average molecular weight is 304 g/mol. The number of nitrogens with zero attached hydrogens (tertiary/aromatic N) is 4. The van der Waals surface area contributed by atoms with Crippen LogP contribution >= 0.6 is 0 Å². The molecule has 22 heavy (non-hydrogen) atoms. The van der Waals surface area contributed by atoms with Crippen LogP contribution in [0.25, 0.3) is 0 Å². The lowest BCUT2D eigenvalue weighted by Crippen LogP contribution is -2.36. The van der Waals surface area contributed by atoms with Crippen LogP contribution in [0.5, 0.6) is 0 Å². The van der Waals surface area contributed by atoms with Crippen LogP contribution in [0, 0.1) is 0 Å². The second-order valence-electron chi connectivity index (χ2n) is 5.88. The maximum absolute atomic E-state index is 11.7. The molecule has 0 aliphatic carbocycles. The van der Waals surface area contributed by atoms with E-state index < -0.39 is 0 Å². The Morgan fingerprint density at radius 1 is 1.27 bits per heavy atom. The van der Waals surface area contributed by atoms with Gasteiger partial charge in [0.25, 0.3) is 0 Å². The molecule has 0 spiro atoms. The van der Waals surface area contributed by atoms with Crippen molar-refractivity contribution in [3.63, 3.8) is 0 Å². The monoisotopic (exact) mass is 304 g/mol. The van der Waals surface area contributed by atoms with Crippen LogP contribution < -0.4 is 4.90 Å². The molecule has 0 bridgehead atoms. The maximum Gasteiger partial charge on any atom is 0.415 e. The van der Waals surface area contributed by atoms with Crippen molar-refractivity contribution in [1.82, 2.24) is 14.9 Å². The van der Waals surface area contributed by atoms with Gasteiger partial charge in [-0.15, -0.1) is 0 Å². The van der Waals surface area contributed by atoms with Crippen LogP contribution in [-0.2, 0) is 9.53 Å². The number of anilines is 1. The van der Waals surface area contributed by atoms with Gasteiger partial charge in [-0.05, 0) is 19.8 Å². The Kier molecular flexibility index (Phi) is 3.96. The summed E-state index contributed by atoms with van der Waals surface area (Å²) in [6, 6.07) is -0.0218. The summed E-state index contributed by atoms with van der Waals surface area (Å²) in [7, 11) is 0. The number of amides is 2. The van der Waals surface area contributed by atoms with Gasteiger partial charge in [-0.1, -0.05) is 0 Å². The standard InChI is InChI=1S/C15H20N4O3/c1-10-9-22-15(21)19(10)14-8-16-13(7-17-14)12-3-5-18(6-4-12)11(2)20/h7-8,10,12H,3-6,9H2,1-2H3. The summed E-state index contributed by atoms with van der Waals surface area (Å²) in [6.07, 6.45) is 4.80. The van der Waals surface area contributed by atoms with E-state index in [1.807, 2.05) is 11.8 Å². The zero-order valence-electron chi connectivity index (χ0n) is 12.9. The fourth-order valence-corrected chi connectivity index (χ4v) is 2.99. The third-order valence-electron chi connectivity index (χ3n) is 4.35. The van der Waals surface area contributed by atoms with Gasteiger partial charge in [-0.3, -0.25) is 14.7 Å². The Morgan fingerprint density at radius 2 is 2.00 bits per heavy atom. The summed E-state index contributed by atoms with van der Waals surface area (Å²) >= 11 is 0. The minimum Gasteiger partial charge on any atom is -0.447 e. The molecule has 0 aromatic carbocycles. The molecule has 1 aromatic heterocycles. The molecule has 3 rings (SSSR count). The molecule has 2 saturated heterocycles. The minimum absolute atomic E-state index is 0.0218. The van der Waals surface area contributed by atoms with Gasteiger partial charge in [0.15, 0.2) is 5.82 Å². The fourth-order valence-electron chi connectivity index (χ4n) is 2.99. The topological polar surface area (TPSA) is 75.6 Å². The summed E-state index contributed by atoms with van der Waals surface area (Å²) in [5, 5.41) is 0. The van der Waals surface area contributed by atoms with Crippen molar-refractivity contribution in [1.29, 1.82) is 0 Å². The van der Waals surface area contributed by atoms with E-state index >= 15 is 0 Å². The van der Waals surface area contributed by atoms with E-state index in [-0.39, 0.29) is 18.0 Å². The zero-order valence-corrected chi connectivity index (χ0v) is 12.9. The molecule has 7 nitrogen and oxygen atoms in total. The van der Waals surface area contributed by atoms with Gasteiger partial charge >= 0.3 is 6.09 Å². The lowest BCUT2D eigenvalue weighted by Gasteiger charge is -2.30. The molecule has 2 fully saturated rings. The second kappa shape index (κ2) is 5.90. The van der Waals surface area contributed by atoms with Crippen LogP contribution in [0.3, 0.4) is 0 Å². The van der Waals surface area contributed by atoms with Crippen LogP contribution in [0.2, 0.25) is 0 Å². The van der Waals surface area contributed by atoms with E-state index in [1.54, 1.807) is 19.3 Å². The highest BCUT2D eigenvalue weighted by Gasteiger charge is 2.32. The van der Waals surface area contributed by atoms with Gasteiger partial charge in [-0.25, -0.2) is 9.78 Å². The summed E-state index contributed by atoms with van der Waals surface area (Å²) in [6.45, 7) is 5.42. The van der Waals surface area contributed by atoms with Crippen LogP contribution in [0.15, 0.2) is 12.4 Å². The molecule has 0 N–H and O–H groups in total. The van der Waals surface area contributed by atoms with E-state index in [4.69, 9.17) is 4.74 Å². The zero-order chi connectivity index (χ0) is 15.7. The molecule has 0 radical (unpaired) electrons. The van der Waals surface area contributed by atoms with Crippen LogP contribution in [-0.4, -0.2) is 52.6 Å². The largest absolute Gasteiger partial charge is 0.447 e. The number of likely N-dealkylation sites (tertiary alicyclic amines) is 1. The quantitative estimate of drug-likeness (QED) is 0.828. The molecular weight excluding hydrogens is 284 g/mol. The van der Waals surface area contributed by atoms with Gasteiger partial charge in [-0.2, -0.15) is 0 Å². The predicted octanol–water partition coefficient (Wildman–Crippen LogP) is 1.55. The van der Waals surface area contributed by atoms with E-state index in [9.17, 15) is 9.59 Å². The highest BCUT2D eigenvalue weighted by Crippen LogP contribution is 2.27. The molecule has 3 heterocycles. The van der Waals surface area contributed by atoms with Crippen molar-refractivity contribution in [2.24, 2.45) is 0 Å². The first-order valence-electron chi connectivity index (χ1n) is 7.59. The molecule has 1 atom stereocenters. The first-order chi connectivity index (χ1) is 10.6. The maximum atomic E-state index is 11.7. The molecule has 2 amide bonds. The summed E-state index contributed by atoms with van der Waals surface area (Å²) < 4.78 is 4.99. The Morgan fingerprint density at radius 3 is 2.50 bits per heavy atom. The molecule has 2 aliphatic heterocycles. The molecule has 118 valence electrons. The van der Waals surface area contributed by atoms with Crippen molar-refractivity contribution in [3.05, 3.63) is 18.1 Å². The van der Waals surface area contributed by atoms with E-state index in [0.717, 1.165) is 31.6 Å². The van der Waals surface area contributed by atoms with Gasteiger partial charge in [0, 0.05) is 25.9 Å². The number of rotatable bonds is 2. The van der Waals surface area contributed by atoms with Crippen molar-refractivity contribution < 1.29 is 14.3 Å². The molecule has 7 heteroatoms. The van der Waals surface area contributed by atoms with E-state index in [0.29, 0.717) is 18.3 Å². The van der Waals surface area contributed by atoms with E-state index in [1.165, 1.54) is 4.90 Å². The lowest BCUT2D eigenvalue weighted by atomic mass is 9.94. The number of carbonyl (C=O) groups is 2. The van der Waals surface area contributed by atoms with Gasteiger partial charge in [0.1, 0.15) is 6.61 Å². The smallest absolute Gasteiger partial charge is 0.415 e. The Labute approximate surface area is 129 Å². The van der Waals surface area contributed by atoms with Crippen molar-refractivity contribution in [2.75, 3.05) is 24.6 Å². The molecule has 2 aliphatic rings. The SMILES string of the molecule is CC(=O)N1CCC(c2cnc(N3C(=O)OCC3C)cn2)CC1. The molecular formula is C15H20N4O3. The summed E-state index contributed by atoms with van der Waals surface area (Å²) in [5.74, 6) is 0.974. The summed E-state index contributed by atoms with van der Waals surface area (Å²) in [5.41, 5.74) is 0.923. The normalized spacial score (nSPS) is 22.8. The molecule has 1 aromatic rings. The number of hydrogen-bond acceptors (Lipinski definition) is 5. The van der Waals surface area contributed by atoms with Crippen molar-refractivity contribution in [3.8, 4) is 0 Å². The van der Waals surface area contributed by atoms with Crippen LogP contribution in [0.1, 0.15) is 38.3 Å². The van der Waals surface area contributed by atoms with Crippen LogP contribution in [0.4, 0.5) is 10.6 Å². The fraction of sp³-hybridized carbons (Fsp3) is 0.600. The number of aromatic nitrogens is 2. The lowest BCUT2D eigenvalue weighted by molar-refractivity contribution is -0.129. The predicted molar refractivity (Wildman–Crippen MR) is 79.6 cm³/mol. The third-order valence-corrected chi connectivity index (χ3v) is 4.35. The Balaban J connectivity index is 1.67. The van der Waals surface area contributed by atoms with Crippen molar-refractivity contribution in [2.45, 2.75) is 38.6 Å². The Hall–Kier alpha value is -2.18. The van der Waals surface area contributed by atoms with Gasteiger partial charge in [0.05, 0.1) is 24.1 Å².